The van der Waals surface area contributed by atoms with Gasteiger partial charge in [-0.3, -0.25) is 19.2 Å². The molecule has 0 aliphatic rings. The number of hydrogen-bond donors (Lipinski definition) is 6. The van der Waals surface area contributed by atoms with E-state index in [9.17, 15) is 19.2 Å². The van der Waals surface area contributed by atoms with E-state index in [2.05, 4.69) is 10.6 Å². The number of anilines is 2. The zero-order valence-corrected chi connectivity index (χ0v) is 21.4. The Morgan fingerprint density at radius 1 is 0.667 bits per heavy atom. The summed E-state index contributed by atoms with van der Waals surface area (Å²) in [6.07, 6.45) is -0.262. The van der Waals surface area contributed by atoms with Crippen LogP contribution >= 0.6 is 21.6 Å². The Kier molecular flexibility index (Phi) is 12.3. The molecule has 0 radical (unpaired) electrons. The molecule has 0 aliphatic heterocycles. The Morgan fingerprint density at radius 2 is 1.03 bits per heavy atom. The van der Waals surface area contributed by atoms with Crippen molar-refractivity contribution in [3.05, 3.63) is 59.7 Å². The topological polar surface area (TPSA) is 196 Å². The average Bonchev–Trinajstić information content (AvgIpc) is 2.85. The summed E-state index contributed by atoms with van der Waals surface area (Å²) in [4.78, 5) is 48.8. The zero-order chi connectivity index (χ0) is 26.5. The lowest BCUT2D eigenvalue weighted by Crippen LogP contribution is -2.42. The molecular formula is C24H32N6O4S2. The van der Waals surface area contributed by atoms with Gasteiger partial charge in [-0.25, -0.2) is 0 Å². The van der Waals surface area contributed by atoms with E-state index < -0.39 is 23.9 Å². The molecule has 0 saturated heterocycles. The second-order valence-corrected chi connectivity index (χ2v) is 10.6. The smallest absolute Gasteiger partial charge is 0.237 e. The number of carbonyl (C=O) groups is 4. The van der Waals surface area contributed by atoms with Crippen LogP contribution in [0, 0.1) is 0 Å². The van der Waals surface area contributed by atoms with Gasteiger partial charge in [-0.05, 0) is 24.3 Å². The van der Waals surface area contributed by atoms with Gasteiger partial charge in [0.1, 0.15) is 0 Å². The van der Waals surface area contributed by atoms with Crippen LogP contribution in [0.1, 0.15) is 33.6 Å². The molecule has 2 amide bonds. The van der Waals surface area contributed by atoms with Gasteiger partial charge in [0.25, 0.3) is 0 Å². The predicted octanol–water partition coefficient (Wildman–Crippen LogP) is 0.965. The highest BCUT2D eigenvalue weighted by Gasteiger charge is 2.20. The molecular weight excluding hydrogens is 500 g/mol. The molecule has 10 N–H and O–H groups in total. The van der Waals surface area contributed by atoms with Crippen molar-refractivity contribution in [3.63, 3.8) is 0 Å². The minimum atomic E-state index is -0.959. The summed E-state index contributed by atoms with van der Waals surface area (Å²) < 4.78 is 0. The van der Waals surface area contributed by atoms with E-state index in [1.54, 1.807) is 48.5 Å². The van der Waals surface area contributed by atoms with Crippen molar-refractivity contribution in [3.8, 4) is 0 Å². The van der Waals surface area contributed by atoms with Gasteiger partial charge < -0.3 is 33.6 Å². The highest BCUT2D eigenvalue weighted by Crippen LogP contribution is 2.19. The van der Waals surface area contributed by atoms with Crippen molar-refractivity contribution >= 4 is 56.3 Å². The number of Topliss-reactive ketones (excluding diaryl/α,β-unsaturated/α-hetero) is 2. The summed E-state index contributed by atoms with van der Waals surface area (Å²) in [6, 6.07) is 11.4. The second-order valence-electron chi connectivity index (χ2n) is 7.87. The molecule has 0 heterocycles. The maximum absolute atomic E-state index is 12.3. The lowest BCUT2D eigenvalue weighted by atomic mass is 10.0. The summed E-state index contributed by atoms with van der Waals surface area (Å²) in [5, 5.41) is 5.41. The first kappa shape index (κ1) is 29.2. The fourth-order valence-corrected chi connectivity index (χ4v) is 4.93. The number of carbonyl (C=O) groups excluding carboxylic acids is 4. The molecule has 0 aromatic heterocycles. The largest absolute Gasteiger partial charge is 0.398 e. The molecule has 2 aromatic rings. The van der Waals surface area contributed by atoms with Crippen molar-refractivity contribution in [1.82, 2.24) is 10.6 Å². The van der Waals surface area contributed by atoms with Crippen LogP contribution in [0.2, 0.25) is 0 Å². The molecule has 2 unspecified atom stereocenters. The fraction of sp³-hybridized carbons (Fsp3) is 0.333. The summed E-state index contributed by atoms with van der Waals surface area (Å²) in [6.45, 7) is 0.766. The molecule has 2 aromatic carbocycles. The van der Waals surface area contributed by atoms with E-state index in [-0.39, 0.29) is 24.4 Å². The van der Waals surface area contributed by atoms with E-state index in [0.717, 1.165) is 0 Å². The van der Waals surface area contributed by atoms with Crippen LogP contribution in [-0.4, -0.2) is 60.1 Å². The van der Waals surface area contributed by atoms with Gasteiger partial charge in [0.2, 0.25) is 11.8 Å². The van der Waals surface area contributed by atoms with E-state index in [0.29, 0.717) is 47.1 Å². The molecule has 0 saturated carbocycles. The van der Waals surface area contributed by atoms with Crippen LogP contribution in [0.3, 0.4) is 0 Å². The number of nitrogen functional groups attached to an aromatic ring is 2. The number of ketones is 2. The lowest BCUT2D eigenvalue weighted by Gasteiger charge is -2.13. The SMILES string of the molecule is Nc1ccccc1C(=O)CC(N)C(=O)NCCSSCCNC(=O)C(N)CC(=O)c1ccccc1N. The van der Waals surface area contributed by atoms with Crippen molar-refractivity contribution < 1.29 is 19.2 Å². The van der Waals surface area contributed by atoms with Crippen LogP contribution in [0.25, 0.3) is 0 Å². The Labute approximate surface area is 218 Å². The molecule has 2 rings (SSSR count). The normalized spacial score (nSPS) is 12.4. The molecule has 12 heteroatoms. The number of nitrogens with one attached hydrogen (secondary N) is 2. The van der Waals surface area contributed by atoms with Crippen LogP contribution < -0.4 is 33.6 Å². The highest BCUT2D eigenvalue weighted by molar-refractivity contribution is 8.76. The molecule has 36 heavy (non-hydrogen) atoms. The maximum Gasteiger partial charge on any atom is 0.237 e. The minimum Gasteiger partial charge on any atom is -0.398 e. The Balaban J connectivity index is 1.55. The lowest BCUT2D eigenvalue weighted by molar-refractivity contribution is -0.122. The first-order chi connectivity index (χ1) is 17.2. The van der Waals surface area contributed by atoms with Gasteiger partial charge in [0.15, 0.2) is 11.6 Å². The number of para-hydroxylation sites is 2. The summed E-state index contributed by atoms with van der Waals surface area (Å²) in [5.41, 5.74) is 24.7. The third kappa shape index (κ3) is 9.53. The first-order valence-electron chi connectivity index (χ1n) is 11.3. The Hall–Kier alpha value is -3.06. The summed E-state index contributed by atoms with van der Waals surface area (Å²) in [7, 11) is 3.03. The van der Waals surface area contributed by atoms with Crippen LogP contribution in [-0.2, 0) is 9.59 Å². The van der Waals surface area contributed by atoms with Crippen LogP contribution in [0.15, 0.2) is 48.5 Å². The molecule has 10 nitrogen and oxygen atoms in total. The van der Waals surface area contributed by atoms with E-state index in [4.69, 9.17) is 22.9 Å². The van der Waals surface area contributed by atoms with E-state index in [1.807, 2.05) is 0 Å². The molecule has 0 fully saturated rings. The van der Waals surface area contributed by atoms with Crippen molar-refractivity contribution in [1.29, 1.82) is 0 Å². The number of benzene rings is 2. The van der Waals surface area contributed by atoms with Gasteiger partial charge in [-0.1, -0.05) is 45.9 Å². The van der Waals surface area contributed by atoms with E-state index in [1.165, 1.54) is 21.6 Å². The average molecular weight is 533 g/mol. The van der Waals surface area contributed by atoms with Gasteiger partial charge in [0, 0.05) is 59.9 Å². The third-order valence-corrected chi connectivity index (χ3v) is 7.47. The molecule has 194 valence electrons. The van der Waals surface area contributed by atoms with Crippen molar-refractivity contribution in [2.45, 2.75) is 24.9 Å². The summed E-state index contributed by atoms with van der Waals surface area (Å²) >= 11 is 0. The van der Waals surface area contributed by atoms with Gasteiger partial charge >= 0.3 is 0 Å². The van der Waals surface area contributed by atoms with Crippen molar-refractivity contribution in [2.24, 2.45) is 11.5 Å². The molecule has 0 bridgehead atoms. The molecule has 2 atom stereocenters. The fourth-order valence-electron chi connectivity index (χ4n) is 3.12. The maximum atomic E-state index is 12.3. The minimum absolute atomic E-state index is 0.131. The molecule has 0 spiro atoms. The number of rotatable bonds is 15. The Bertz CT molecular complexity index is 985. The zero-order valence-electron chi connectivity index (χ0n) is 19.8. The van der Waals surface area contributed by atoms with Gasteiger partial charge in [-0.2, -0.15) is 0 Å². The summed E-state index contributed by atoms with van der Waals surface area (Å²) in [5.74, 6) is -0.146. The third-order valence-electron chi connectivity index (χ3n) is 5.06. The highest BCUT2D eigenvalue weighted by atomic mass is 33.1. The van der Waals surface area contributed by atoms with E-state index >= 15 is 0 Å². The number of amides is 2. The first-order valence-corrected chi connectivity index (χ1v) is 13.8. The monoisotopic (exact) mass is 532 g/mol. The second kappa shape index (κ2) is 15.1. The van der Waals surface area contributed by atoms with Crippen molar-refractivity contribution in [2.75, 3.05) is 36.1 Å². The number of hydrogen-bond acceptors (Lipinski definition) is 10. The van der Waals surface area contributed by atoms with Crippen LogP contribution in [0.5, 0.6) is 0 Å². The van der Waals surface area contributed by atoms with Gasteiger partial charge in [0.05, 0.1) is 12.1 Å². The standard InChI is InChI=1S/C24H32N6O4S2/c25-17-7-3-1-5-15(17)21(31)13-19(27)23(33)29-9-11-35-36-12-10-30-24(34)20(28)14-22(32)16-6-2-4-8-18(16)26/h1-8,19-20H,9-14,25-28H2,(H,29,33)(H,30,34). The van der Waals surface area contributed by atoms with Gasteiger partial charge in [-0.15, -0.1) is 0 Å². The molecule has 0 aliphatic carbocycles. The number of nitrogens with two attached hydrogens (primary N) is 4. The quantitative estimate of drug-likeness (QED) is 0.0831. The Morgan fingerprint density at radius 3 is 1.39 bits per heavy atom. The van der Waals surface area contributed by atoms with Crippen LogP contribution in [0.4, 0.5) is 11.4 Å². The predicted molar refractivity (Wildman–Crippen MR) is 146 cm³/mol.